The van der Waals surface area contributed by atoms with Gasteiger partial charge in [-0.25, -0.2) is 0 Å². The SMILES string of the molecule is FC(F)(F)C(Br)(Br)C(Cl)(Cl)I. The molecule has 0 N–H and O–H groups in total. The van der Waals surface area contributed by atoms with Crippen molar-refractivity contribution in [2.24, 2.45) is 0 Å². The average Bonchev–Trinajstić information content (AvgIpc) is 1.58. The summed E-state index contributed by atoms with van der Waals surface area (Å²) in [7, 11) is 0. The number of hydrogen-bond donors (Lipinski definition) is 0. The molecular formula is C3Br2Cl2F3I. The first-order valence-corrected chi connectivity index (χ1v) is 5.43. The Morgan fingerprint density at radius 3 is 1.36 bits per heavy atom. The second kappa shape index (κ2) is 3.67. The molecular weight excluding hydrogens is 451 g/mol. The van der Waals surface area contributed by atoms with Crippen molar-refractivity contribution in [3.8, 4) is 0 Å². The second-order valence-corrected chi connectivity index (χ2v) is 9.23. The molecule has 0 rings (SSSR count). The molecule has 0 unspecified atom stereocenters. The minimum Gasteiger partial charge on any atom is -0.168 e. The van der Waals surface area contributed by atoms with Gasteiger partial charge in [-0.05, 0) is 22.6 Å². The van der Waals surface area contributed by atoms with Crippen LogP contribution in [0.1, 0.15) is 0 Å². The molecule has 68 valence electrons. The van der Waals surface area contributed by atoms with Crippen LogP contribution in [0.25, 0.3) is 0 Å². The van der Waals surface area contributed by atoms with E-state index >= 15 is 0 Å². The third-order valence-corrected chi connectivity index (χ3v) is 6.57. The van der Waals surface area contributed by atoms with Crippen molar-refractivity contribution in [3.05, 3.63) is 0 Å². The molecule has 0 spiro atoms. The van der Waals surface area contributed by atoms with Gasteiger partial charge in [0.25, 0.3) is 0 Å². The maximum Gasteiger partial charge on any atom is 0.417 e. The first-order chi connectivity index (χ1) is 4.50. The smallest absolute Gasteiger partial charge is 0.168 e. The van der Waals surface area contributed by atoms with E-state index in [9.17, 15) is 13.2 Å². The highest BCUT2D eigenvalue weighted by Crippen LogP contribution is 2.58. The Morgan fingerprint density at radius 1 is 1.09 bits per heavy atom. The van der Waals surface area contributed by atoms with Crippen LogP contribution in [-0.2, 0) is 0 Å². The first kappa shape index (κ1) is 13.1. The van der Waals surface area contributed by atoms with Gasteiger partial charge in [-0.2, -0.15) is 13.2 Å². The zero-order valence-corrected chi connectivity index (χ0v) is 11.4. The van der Waals surface area contributed by atoms with Crippen LogP contribution in [0.4, 0.5) is 13.2 Å². The lowest BCUT2D eigenvalue weighted by Gasteiger charge is -2.30. The maximum atomic E-state index is 12.1. The van der Waals surface area contributed by atoms with Gasteiger partial charge in [-0.3, -0.25) is 0 Å². The van der Waals surface area contributed by atoms with Crippen molar-refractivity contribution in [1.82, 2.24) is 0 Å². The molecule has 0 nitrogen and oxygen atoms in total. The molecule has 0 bridgehead atoms. The summed E-state index contributed by atoms with van der Waals surface area (Å²) in [5, 5.41) is 0. The highest BCUT2D eigenvalue weighted by Gasteiger charge is 2.62. The van der Waals surface area contributed by atoms with Crippen LogP contribution in [0, 0.1) is 0 Å². The lowest BCUT2D eigenvalue weighted by atomic mass is 10.5. The molecule has 0 saturated heterocycles. The van der Waals surface area contributed by atoms with Crippen molar-refractivity contribution in [2.45, 2.75) is 11.7 Å². The van der Waals surface area contributed by atoms with Gasteiger partial charge in [0.15, 0.2) is 0 Å². The molecule has 11 heavy (non-hydrogen) atoms. The molecule has 0 aliphatic carbocycles. The molecule has 0 aromatic rings. The summed E-state index contributed by atoms with van der Waals surface area (Å²) in [6.07, 6.45) is -4.56. The van der Waals surface area contributed by atoms with Gasteiger partial charge in [0.05, 0.1) is 0 Å². The molecule has 0 radical (unpaired) electrons. The Balaban J connectivity index is 4.75. The Labute approximate surface area is 102 Å². The van der Waals surface area contributed by atoms with E-state index in [4.69, 9.17) is 23.2 Å². The highest BCUT2D eigenvalue weighted by molar-refractivity contribution is 14.1. The summed E-state index contributed by atoms with van der Waals surface area (Å²) >= 11 is 16.4. The molecule has 8 heteroatoms. The average molecular weight is 451 g/mol. The van der Waals surface area contributed by atoms with Crippen LogP contribution in [0.5, 0.6) is 0 Å². The second-order valence-electron chi connectivity index (χ2n) is 1.57. The molecule has 0 amide bonds. The van der Waals surface area contributed by atoms with E-state index in [-0.39, 0.29) is 0 Å². The molecule has 0 saturated carbocycles. The maximum absolute atomic E-state index is 12.1. The molecule has 0 aliphatic heterocycles. The lowest BCUT2D eigenvalue weighted by Crippen LogP contribution is -2.43. The molecule has 0 aromatic heterocycles. The Morgan fingerprint density at radius 2 is 1.36 bits per heavy atom. The summed E-state index contributed by atoms with van der Waals surface area (Å²) in [5.74, 6) is 0. The summed E-state index contributed by atoms with van der Waals surface area (Å²) in [6.45, 7) is 0. The van der Waals surface area contributed by atoms with Crippen LogP contribution in [0.3, 0.4) is 0 Å². The van der Waals surface area contributed by atoms with Gasteiger partial charge in [0, 0.05) is 0 Å². The Hall–Kier alpha value is 2.06. The lowest BCUT2D eigenvalue weighted by molar-refractivity contribution is -0.131. The van der Waals surface area contributed by atoms with Crippen molar-refractivity contribution in [3.63, 3.8) is 0 Å². The number of alkyl halides is 8. The monoisotopic (exact) mass is 448 g/mol. The summed E-state index contributed by atoms with van der Waals surface area (Å²) < 4.78 is 31.7. The molecule has 0 atom stereocenters. The van der Waals surface area contributed by atoms with Gasteiger partial charge in [-0.1, -0.05) is 55.1 Å². The quantitative estimate of drug-likeness (QED) is 0.405. The van der Waals surface area contributed by atoms with Crippen LogP contribution in [0.15, 0.2) is 0 Å². The van der Waals surface area contributed by atoms with E-state index in [2.05, 4.69) is 31.9 Å². The predicted molar refractivity (Wildman–Crippen MR) is 55.1 cm³/mol. The number of halogens is 8. The van der Waals surface area contributed by atoms with Gasteiger partial charge < -0.3 is 0 Å². The minimum atomic E-state index is -4.56. The van der Waals surface area contributed by atoms with Crippen molar-refractivity contribution < 1.29 is 13.2 Å². The van der Waals surface area contributed by atoms with Gasteiger partial charge >= 0.3 is 6.18 Å². The molecule has 0 fully saturated rings. The van der Waals surface area contributed by atoms with Crippen molar-refractivity contribution in [1.29, 1.82) is 0 Å². The summed E-state index contributed by atoms with van der Waals surface area (Å²) in [4.78, 5) is 0. The van der Waals surface area contributed by atoms with Crippen LogP contribution < -0.4 is 0 Å². The number of hydrogen-bond acceptors (Lipinski definition) is 0. The van der Waals surface area contributed by atoms with E-state index < -0.39 is 11.7 Å². The van der Waals surface area contributed by atoms with E-state index in [0.717, 1.165) is 0 Å². The third kappa shape index (κ3) is 3.03. The molecule has 0 heterocycles. The van der Waals surface area contributed by atoms with Crippen LogP contribution >= 0.6 is 77.7 Å². The molecule has 0 aliphatic rings. The predicted octanol–water partition coefficient (Wildman–Crippen LogP) is 4.60. The third-order valence-electron chi connectivity index (χ3n) is 0.712. The van der Waals surface area contributed by atoms with Gasteiger partial charge in [0.1, 0.15) is 0 Å². The zero-order valence-electron chi connectivity index (χ0n) is 4.52. The fourth-order valence-corrected chi connectivity index (χ4v) is 0.681. The normalized spacial score (nSPS) is 15.3. The Kier molecular flexibility index (Phi) is 4.35. The van der Waals surface area contributed by atoms with Crippen LogP contribution in [0.2, 0.25) is 0 Å². The van der Waals surface area contributed by atoms with E-state index in [1.165, 1.54) is 22.6 Å². The van der Waals surface area contributed by atoms with E-state index in [1.807, 2.05) is 0 Å². The standard InChI is InChI=1S/C3Br2Cl2F3I/c4-1(5,2(6,7)11)3(8,9)10. The fourth-order valence-electron chi connectivity index (χ4n) is 0.161. The topological polar surface area (TPSA) is 0 Å². The van der Waals surface area contributed by atoms with E-state index in [0.29, 0.717) is 0 Å². The van der Waals surface area contributed by atoms with Crippen molar-refractivity contribution in [2.75, 3.05) is 0 Å². The first-order valence-electron chi connectivity index (χ1n) is 2.01. The van der Waals surface area contributed by atoms with Gasteiger partial charge in [0.2, 0.25) is 5.57 Å². The summed E-state index contributed by atoms with van der Waals surface area (Å²) in [5.41, 5.74) is 0. The van der Waals surface area contributed by atoms with Crippen LogP contribution in [-0.4, -0.2) is 11.7 Å². The highest BCUT2D eigenvalue weighted by atomic mass is 127. The minimum absolute atomic E-state index is 1.26. The van der Waals surface area contributed by atoms with E-state index in [1.54, 1.807) is 0 Å². The number of rotatable bonds is 1. The van der Waals surface area contributed by atoms with Crippen molar-refractivity contribution >= 4 is 77.7 Å². The Bertz CT molecular complexity index is 136. The fraction of sp³-hybridized carbons (Fsp3) is 1.00. The summed E-state index contributed by atoms with van der Waals surface area (Å²) in [6, 6.07) is 0. The largest absolute Gasteiger partial charge is 0.417 e. The zero-order chi connectivity index (χ0) is 9.50. The van der Waals surface area contributed by atoms with Gasteiger partial charge in [-0.15, -0.1) is 0 Å². The molecule has 0 aromatic carbocycles.